The second-order valence-electron chi connectivity index (χ2n) is 2.47. The lowest BCUT2D eigenvalue weighted by Gasteiger charge is -1.98. The minimum atomic E-state index is -0.0947. The van der Waals surface area contributed by atoms with Crippen LogP contribution < -0.4 is 5.32 Å². The van der Waals surface area contributed by atoms with Gasteiger partial charge in [-0.2, -0.15) is 0 Å². The van der Waals surface area contributed by atoms with Crippen molar-refractivity contribution < 1.29 is 4.79 Å². The van der Waals surface area contributed by atoms with Crippen molar-refractivity contribution >= 4 is 28.6 Å². The van der Waals surface area contributed by atoms with Crippen LogP contribution in [0.5, 0.6) is 0 Å². The molecule has 0 aromatic carbocycles. The topological polar surface area (TPSA) is 54.9 Å². The highest BCUT2D eigenvalue weighted by atomic mass is 32.1. The Morgan fingerprint density at radius 1 is 1.50 bits per heavy atom. The maximum atomic E-state index is 11.4. The smallest absolute Gasteiger partial charge is 0.263 e. The van der Waals surface area contributed by atoms with Gasteiger partial charge in [0.25, 0.3) is 5.91 Å². The molecule has 0 fully saturated rings. The zero-order valence-corrected chi connectivity index (χ0v) is 8.77. The molecule has 0 saturated carbocycles. The largest absolute Gasteiger partial charge is 0.345 e. The van der Waals surface area contributed by atoms with Crippen molar-refractivity contribution in [2.45, 2.75) is 6.54 Å². The average molecular weight is 225 g/mol. The number of aromatic nitrogens is 2. The van der Waals surface area contributed by atoms with Gasteiger partial charge in [0.1, 0.15) is 9.88 Å². The molecule has 2 rings (SSSR count). The van der Waals surface area contributed by atoms with Gasteiger partial charge in [-0.15, -0.1) is 22.7 Å². The van der Waals surface area contributed by atoms with E-state index in [1.165, 1.54) is 22.7 Å². The van der Waals surface area contributed by atoms with E-state index >= 15 is 0 Å². The molecule has 0 bridgehead atoms. The molecule has 0 aliphatic heterocycles. The number of amides is 1. The van der Waals surface area contributed by atoms with Gasteiger partial charge >= 0.3 is 0 Å². The Balaban J connectivity index is 1.90. The minimum absolute atomic E-state index is 0.0947. The second kappa shape index (κ2) is 4.30. The third-order valence-electron chi connectivity index (χ3n) is 1.54. The Hall–Kier alpha value is -1.27. The molecule has 0 aliphatic rings. The Morgan fingerprint density at radius 2 is 2.43 bits per heavy atom. The highest BCUT2D eigenvalue weighted by Crippen LogP contribution is 2.06. The minimum Gasteiger partial charge on any atom is -0.345 e. The molecule has 2 heterocycles. The molecule has 0 unspecified atom stereocenters. The van der Waals surface area contributed by atoms with E-state index in [0.29, 0.717) is 11.4 Å². The van der Waals surface area contributed by atoms with Crippen LogP contribution in [-0.2, 0) is 6.54 Å². The number of rotatable bonds is 3. The number of nitrogens with zero attached hydrogens (tertiary/aromatic N) is 2. The van der Waals surface area contributed by atoms with E-state index in [-0.39, 0.29) is 5.91 Å². The molecule has 1 amide bonds. The van der Waals surface area contributed by atoms with Crippen molar-refractivity contribution in [3.8, 4) is 0 Å². The van der Waals surface area contributed by atoms with Gasteiger partial charge in [-0.1, -0.05) is 0 Å². The summed E-state index contributed by atoms with van der Waals surface area (Å²) in [5.74, 6) is -0.0947. The number of carbonyl (C=O) groups excluding carboxylic acids is 1. The summed E-state index contributed by atoms with van der Waals surface area (Å²) in [5.41, 5.74) is 1.64. The van der Waals surface area contributed by atoms with Gasteiger partial charge in [0.2, 0.25) is 0 Å². The molecule has 2 aromatic rings. The molecule has 1 N–H and O–H groups in total. The highest BCUT2D eigenvalue weighted by molar-refractivity contribution is 7.11. The molecule has 6 heteroatoms. The third-order valence-corrected chi connectivity index (χ3v) is 3.09. The first-order chi connectivity index (χ1) is 6.86. The van der Waals surface area contributed by atoms with E-state index < -0.39 is 0 Å². The summed E-state index contributed by atoms with van der Waals surface area (Å²) in [6.45, 7) is 0.481. The van der Waals surface area contributed by atoms with Gasteiger partial charge < -0.3 is 5.32 Å². The van der Waals surface area contributed by atoms with Crippen molar-refractivity contribution in [3.05, 3.63) is 33.2 Å². The summed E-state index contributed by atoms with van der Waals surface area (Å²) in [6, 6.07) is 0. The summed E-state index contributed by atoms with van der Waals surface area (Å²) in [5, 5.41) is 5.56. The number of thiazole rings is 2. The second-order valence-corrected chi connectivity index (χ2v) is 4.34. The van der Waals surface area contributed by atoms with Gasteiger partial charge in [0, 0.05) is 11.6 Å². The Morgan fingerprint density at radius 3 is 3.07 bits per heavy atom. The Labute approximate surface area is 88.6 Å². The molecule has 0 atom stereocenters. The van der Waals surface area contributed by atoms with Gasteiger partial charge in [-0.05, 0) is 0 Å². The quantitative estimate of drug-likeness (QED) is 0.861. The maximum absolute atomic E-state index is 11.4. The zero-order chi connectivity index (χ0) is 9.80. The van der Waals surface area contributed by atoms with Crippen LogP contribution in [0.15, 0.2) is 23.3 Å². The van der Waals surface area contributed by atoms with E-state index in [2.05, 4.69) is 15.3 Å². The summed E-state index contributed by atoms with van der Waals surface area (Å²) in [4.78, 5) is 20.0. The van der Waals surface area contributed by atoms with Crippen LogP contribution >= 0.6 is 22.7 Å². The fraction of sp³-hybridized carbons (Fsp3) is 0.125. The molecular weight excluding hydrogens is 218 g/mol. The van der Waals surface area contributed by atoms with Crippen LogP contribution in [0, 0.1) is 0 Å². The molecule has 4 nitrogen and oxygen atoms in total. The summed E-state index contributed by atoms with van der Waals surface area (Å²) < 4.78 is 0. The van der Waals surface area contributed by atoms with E-state index in [1.54, 1.807) is 17.9 Å². The van der Waals surface area contributed by atoms with Crippen LogP contribution in [0.2, 0.25) is 0 Å². The summed E-state index contributed by atoms with van der Waals surface area (Å²) >= 11 is 2.85. The normalized spacial score (nSPS) is 10.0. The van der Waals surface area contributed by atoms with Crippen LogP contribution in [-0.4, -0.2) is 15.9 Å². The maximum Gasteiger partial charge on any atom is 0.263 e. The van der Waals surface area contributed by atoms with Gasteiger partial charge in [-0.3, -0.25) is 9.78 Å². The number of carbonyl (C=O) groups is 1. The van der Waals surface area contributed by atoms with Crippen molar-refractivity contribution in [1.82, 2.24) is 15.3 Å². The van der Waals surface area contributed by atoms with Gasteiger partial charge in [0.15, 0.2) is 0 Å². The molecule has 72 valence electrons. The molecule has 14 heavy (non-hydrogen) atoms. The predicted octanol–water partition coefficient (Wildman–Crippen LogP) is 1.53. The Bertz CT molecular complexity index is 396. The van der Waals surface area contributed by atoms with E-state index in [9.17, 15) is 4.79 Å². The molecule has 0 aliphatic carbocycles. The molecule has 0 radical (unpaired) electrons. The monoisotopic (exact) mass is 225 g/mol. The average Bonchev–Trinajstić information content (AvgIpc) is 2.87. The molecule has 2 aromatic heterocycles. The first-order valence-corrected chi connectivity index (χ1v) is 5.67. The third kappa shape index (κ3) is 2.15. The van der Waals surface area contributed by atoms with Crippen LogP contribution in [0.3, 0.4) is 0 Å². The van der Waals surface area contributed by atoms with Crippen LogP contribution in [0.25, 0.3) is 0 Å². The van der Waals surface area contributed by atoms with E-state index in [1.807, 2.05) is 5.38 Å². The van der Waals surface area contributed by atoms with Crippen molar-refractivity contribution in [2.24, 2.45) is 0 Å². The molecular formula is C8H7N3OS2. The van der Waals surface area contributed by atoms with Crippen LogP contribution in [0.1, 0.15) is 14.7 Å². The lowest BCUT2D eigenvalue weighted by Crippen LogP contribution is -2.21. The molecule has 0 saturated heterocycles. The van der Waals surface area contributed by atoms with Crippen molar-refractivity contribution in [1.29, 1.82) is 0 Å². The fourth-order valence-corrected chi connectivity index (χ4v) is 2.00. The standard InChI is InChI=1S/C8H7N3OS2/c12-8(6-3-9-5-14-6)11-4-7-10-1-2-13-7/h1-3,5H,4H2,(H,11,12). The van der Waals surface area contributed by atoms with E-state index in [4.69, 9.17) is 0 Å². The lowest BCUT2D eigenvalue weighted by atomic mass is 10.5. The van der Waals surface area contributed by atoms with Gasteiger partial charge in [0.05, 0.1) is 18.3 Å². The number of hydrogen-bond donors (Lipinski definition) is 1. The van der Waals surface area contributed by atoms with Crippen molar-refractivity contribution in [3.63, 3.8) is 0 Å². The number of hydrogen-bond acceptors (Lipinski definition) is 5. The predicted molar refractivity (Wildman–Crippen MR) is 55.4 cm³/mol. The summed E-state index contributed by atoms with van der Waals surface area (Å²) in [6.07, 6.45) is 3.28. The summed E-state index contributed by atoms with van der Waals surface area (Å²) in [7, 11) is 0. The highest BCUT2D eigenvalue weighted by Gasteiger charge is 2.06. The lowest BCUT2D eigenvalue weighted by molar-refractivity contribution is 0.0954. The fourth-order valence-electron chi connectivity index (χ4n) is 0.911. The SMILES string of the molecule is O=C(NCc1nccs1)c1cncs1. The van der Waals surface area contributed by atoms with Gasteiger partial charge in [-0.25, -0.2) is 4.98 Å². The molecule has 0 spiro atoms. The van der Waals surface area contributed by atoms with Crippen LogP contribution in [0.4, 0.5) is 0 Å². The Kier molecular flexibility index (Phi) is 2.85. The zero-order valence-electron chi connectivity index (χ0n) is 7.14. The number of nitrogens with one attached hydrogen (secondary N) is 1. The first kappa shape index (κ1) is 9.29. The van der Waals surface area contributed by atoms with Crippen molar-refractivity contribution in [2.75, 3.05) is 0 Å². The first-order valence-electron chi connectivity index (χ1n) is 3.91. The van der Waals surface area contributed by atoms with E-state index in [0.717, 1.165) is 5.01 Å².